The Bertz CT molecular complexity index is 942. The number of halogens is 5. The molecule has 5 nitrogen and oxygen atoms in total. The Hall–Kier alpha value is -2.94. The van der Waals surface area contributed by atoms with Gasteiger partial charge in [0.25, 0.3) is 0 Å². The van der Waals surface area contributed by atoms with Gasteiger partial charge in [0, 0.05) is 29.7 Å². The summed E-state index contributed by atoms with van der Waals surface area (Å²) in [6, 6.07) is 10.1. The highest BCUT2D eigenvalue weighted by molar-refractivity contribution is 6.29. The fraction of sp³-hybridized carbons (Fsp3) is 0.118. The van der Waals surface area contributed by atoms with Crippen molar-refractivity contribution >= 4 is 23.2 Å². The van der Waals surface area contributed by atoms with E-state index in [1.807, 2.05) is 0 Å². The first-order chi connectivity index (χ1) is 12.8. The zero-order chi connectivity index (χ0) is 19.4. The number of pyridine rings is 1. The van der Waals surface area contributed by atoms with E-state index in [9.17, 15) is 17.6 Å². The molecular formula is C17H11ClF4N4O. The molecule has 0 aliphatic carbocycles. The molecule has 0 amide bonds. The molecule has 3 aromatic rings. The lowest BCUT2D eigenvalue weighted by Gasteiger charge is -2.17. The molecule has 0 aliphatic rings. The number of aromatic nitrogens is 3. The molecule has 0 radical (unpaired) electrons. The minimum Gasteiger partial charge on any atom is -0.428 e. The number of alkyl halides is 4. The highest BCUT2D eigenvalue weighted by Gasteiger charge is 2.43. The minimum absolute atomic E-state index is 0.165. The molecule has 2 aromatic heterocycles. The fourth-order valence-corrected chi connectivity index (χ4v) is 2.28. The number of nitrogens with one attached hydrogen (secondary N) is 1. The molecule has 0 bridgehead atoms. The molecule has 2 heterocycles. The van der Waals surface area contributed by atoms with Gasteiger partial charge in [-0.2, -0.15) is 17.6 Å². The highest BCUT2D eigenvalue weighted by atomic mass is 35.5. The Morgan fingerprint density at radius 1 is 1.04 bits per heavy atom. The summed E-state index contributed by atoms with van der Waals surface area (Å²) in [5.41, 5.74) is 1.53. The van der Waals surface area contributed by atoms with Crippen LogP contribution in [0.15, 0.2) is 54.9 Å². The van der Waals surface area contributed by atoms with E-state index >= 15 is 0 Å². The van der Waals surface area contributed by atoms with Crippen molar-refractivity contribution < 1.29 is 22.3 Å². The molecule has 0 aliphatic heterocycles. The molecule has 27 heavy (non-hydrogen) atoms. The van der Waals surface area contributed by atoms with Crippen molar-refractivity contribution in [1.29, 1.82) is 0 Å². The molecule has 140 valence electrons. The third-order valence-corrected chi connectivity index (χ3v) is 3.48. The number of benzene rings is 1. The number of hydrogen-bond acceptors (Lipinski definition) is 5. The van der Waals surface area contributed by atoms with Crippen molar-refractivity contribution in [2.75, 3.05) is 5.32 Å². The van der Waals surface area contributed by atoms with Gasteiger partial charge in [-0.25, -0.2) is 15.0 Å². The SMILES string of the molecule is FC(F)C(F)(F)Oc1cccc(Nc2nccc(-c3ccnc(Cl)c3)n2)c1. The Labute approximate surface area is 156 Å². The van der Waals surface area contributed by atoms with E-state index in [1.165, 1.54) is 24.5 Å². The summed E-state index contributed by atoms with van der Waals surface area (Å²) in [6.07, 6.45) is -5.52. The van der Waals surface area contributed by atoms with Crippen LogP contribution in [-0.2, 0) is 0 Å². The minimum atomic E-state index is -4.59. The van der Waals surface area contributed by atoms with Crippen LogP contribution in [0.5, 0.6) is 5.75 Å². The molecule has 10 heteroatoms. The van der Waals surface area contributed by atoms with E-state index in [0.29, 0.717) is 16.4 Å². The third kappa shape index (κ3) is 4.82. The van der Waals surface area contributed by atoms with Crippen molar-refractivity contribution in [3.63, 3.8) is 0 Å². The molecule has 0 unspecified atom stereocenters. The van der Waals surface area contributed by atoms with Gasteiger partial charge in [-0.15, -0.1) is 0 Å². The van der Waals surface area contributed by atoms with Crippen molar-refractivity contribution in [1.82, 2.24) is 15.0 Å². The van der Waals surface area contributed by atoms with Crippen LogP contribution in [0, 0.1) is 0 Å². The third-order valence-electron chi connectivity index (χ3n) is 3.28. The smallest absolute Gasteiger partial charge is 0.428 e. The lowest BCUT2D eigenvalue weighted by Crippen LogP contribution is -2.33. The zero-order valence-corrected chi connectivity index (χ0v) is 14.2. The summed E-state index contributed by atoms with van der Waals surface area (Å²) in [5, 5.41) is 3.10. The largest absolute Gasteiger partial charge is 0.461 e. The Kier molecular flexibility index (Phi) is 5.41. The average molecular weight is 399 g/mol. The number of ether oxygens (including phenoxy) is 1. The second kappa shape index (κ2) is 7.75. The number of nitrogens with zero attached hydrogens (tertiary/aromatic N) is 3. The predicted molar refractivity (Wildman–Crippen MR) is 91.6 cm³/mol. The summed E-state index contributed by atoms with van der Waals surface area (Å²) in [7, 11) is 0. The van der Waals surface area contributed by atoms with E-state index in [2.05, 4.69) is 25.0 Å². The van der Waals surface area contributed by atoms with Gasteiger partial charge in [-0.3, -0.25) is 0 Å². The molecule has 0 saturated heterocycles. The van der Waals surface area contributed by atoms with Crippen LogP contribution >= 0.6 is 11.6 Å². The molecule has 0 fully saturated rings. The van der Waals surface area contributed by atoms with Crippen LogP contribution in [0.25, 0.3) is 11.3 Å². The van der Waals surface area contributed by atoms with Gasteiger partial charge in [0.15, 0.2) is 0 Å². The van der Waals surface area contributed by atoms with Gasteiger partial charge >= 0.3 is 12.5 Å². The van der Waals surface area contributed by atoms with Crippen LogP contribution in [-0.4, -0.2) is 27.5 Å². The summed E-state index contributed by atoms with van der Waals surface area (Å²) in [6.45, 7) is 0. The van der Waals surface area contributed by atoms with Crippen LogP contribution < -0.4 is 10.1 Å². The number of hydrogen-bond donors (Lipinski definition) is 1. The van der Waals surface area contributed by atoms with Gasteiger partial charge in [0.2, 0.25) is 5.95 Å². The van der Waals surface area contributed by atoms with E-state index in [-0.39, 0.29) is 11.6 Å². The average Bonchev–Trinajstić information content (AvgIpc) is 2.62. The molecule has 1 N–H and O–H groups in total. The second-order valence-electron chi connectivity index (χ2n) is 5.25. The van der Waals surface area contributed by atoms with Crippen molar-refractivity contribution in [2.45, 2.75) is 12.5 Å². The summed E-state index contributed by atoms with van der Waals surface area (Å²) < 4.78 is 54.6. The van der Waals surface area contributed by atoms with E-state index in [1.54, 1.807) is 18.2 Å². The van der Waals surface area contributed by atoms with Crippen molar-refractivity contribution in [3.8, 4) is 17.0 Å². The Morgan fingerprint density at radius 3 is 2.56 bits per heavy atom. The molecule has 3 rings (SSSR count). The Balaban J connectivity index is 1.80. The van der Waals surface area contributed by atoms with E-state index in [0.717, 1.165) is 12.1 Å². The van der Waals surface area contributed by atoms with Crippen LogP contribution in [0.3, 0.4) is 0 Å². The fourth-order valence-electron chi connectivity index (χ4n) is 2.11. The lowest BCUT2D eigenvalue weighted by atomic mass is 10.2. The molecular weight excluding hydrogens is 388 g/mol. The van der Waals surface area contributed by atoms with Crippen LogP contribution in [0.4, 0.5) is 29.2 Å². The van der Waals surface area contributed by atoms with E-state index in [4.69, 9.17) is 11.6 Å². The lowest BCUT2D eigenvalue weighted by molar-refractivity contribution is -0.253. The predicted octanol–water partition coefficient (Wildman–Crippen LogP) is 5.17. The Morgan fingerprint density at radius 2 is 1.81 bits per heavy atom. The first kappa shape index (κ1) is 18.8. The standard InChI is InChI=1S/C17H11ClF4N4O/c18-14-8-10(4-6-23-14)13-5-7-24-16(26-13)25-11-2-1-3-12(9-11)27-17(21,22)15(19)20/h1-9,15H,(H,24,25,26). The summed E-state index contributed by atoms with van der Waals surface area (Å²) in [5.74, 6) is -0.263. The van der Waals surface area contributed by atoms with Crippen LogP contribution in [0.1, 0.15) is 0 Å². The maximum atomic E-state index is 13.0. The highest BCUT2D eigenvalue weighted by Crippen LogP contribution is 2.29. The second-order valence-corrected chi connectivity index (χ2v) is 5.64. The maximum Gasteiger partial charge on any atom is 0.461 e. The molecule has 0 saturated carbocycles. The molecule has 1 aromatic carbocycles. The first-order valence-electron chi connectivity index (χ1n) is 7.50. The number of rotatable bonds is 6. The maximum absolute atomic E-state index is 13.0. The topological polar surface area (TPSA) is 59.9 Å². The first-order valence-corrected chi connectivity index (χ1v) is 7.88. The molecule has 0 spiro atoms. The van der Waals surface area contributed by atoms with E-state index < -0.39 is 18.3 Å². The van der Waals surface area contributed by atoms with Gasteiger partial charge in [0.1, 0.15) is 10.9 Å². The van der Waals surface area contributed by atoms with Crippen molar-refractivity contribution in [2.24, 2.45) is 0 Å². The number of anilines is 2. The summed E-state index contributed by atoms with van der Waals surface area (Å²) in [4.78, 5) is 12.2. The normalized spacial score (nSPS) is 11.5. The zero-order valence-electron chi connectivity index (χ0n) is 13.4. The van der Waals surface area contributed by atoms with Gasteiger partial charge < -0.3 is 10.1 Å². The van der Waals surface area contributed by atoms with Gasteiger partial charge in [-0.05, 0) is 30.3 Å². The summed E-state index contributed by atoms with van der Waals surface area (Å²) >= 11 is 5.86. The quantitative estimate of drug-likeness (QED) is 0.458. The van der Waals surface area contributed by atoms with Crippen LogP contribution in [0.2, 0.25) is 5.15 Å². The van der Waals surface area contributed by atoms with Crippen molar-refractivity contribution in [3.05, 3.63) is 60.0 Å². The van der Waals surface area contributed by atoms with Gasteiger partial charge in [-0.1, -0.05) is 17.7 Å². The molecule has 0 atom stereocenters. The van der Waals surface area contributed by atoms with Gasteiger partial charge in [0.05, 0.1) is 5.69 Å². The monoisotopic (exact) mass is 398 g/mol.